The van der Waals surface area contributed by atoms with Gasteiger partial charge in [-0.15, -0.1) is 0 Å². The summed E-state index contributed by atoms with van der Waals surface area (Å²) in [5, 5.41) is 9.76. The number of rotatable bonds is 5. The number of benzene rings is 1. The molecule has 1 aliphatic heterocycles. The molecule has 3 N–H and O–H groups in total. The van der Waals surface area contributed by atoms with Crippen LogP contribution in [0.25, 0.3) is 6.08 Å². The molecule has 1 aliphatic rings. The maximum absolute atomic E-state index is 9.76. The summed E-state index contributed by atoms with van der Waals surface area (Å²) in [5.74, 6) is 0. The van der Waals surface area contributed by atoms with Gasteiger partial charge in [-0.3, -0.25) is 0 Å². The van der Waals surface area contributed by atoms with E-state index in [1.807, 2.05) is 52.0 Å². The van der Waals surface area contributed by atoms with Crippen molar-refractivity contribution in [3.05, 3.63) is 40.9 Å². The van der Waals surface area contributed by atoms with Crippen LogP contribution in [-0.4, -0.2) is 36.6 Å². The van der Waals surface area contributed by atoms with Crippen molar-refractivity contribution in [1.82, 2.24) is 0 Å². The Hall–Kier alpha value is -1.14. The molecule has 0 saturated carbocycles. The van der Waals surface area contributed by atoms with Crippen molar-refractivity contribution in [3.63, 3.8) is 0 Å². The molecule has 0 spiro atoms. The number of aliphatic hydroxyl groups excluding tert-OH is 1. The first-order valence-electron chi connectivity index (χ1n) is 7.75. The second-order valence-corrected chi connectivity index (χ2v) is 6.70. The minimum Gasteiger partial charge on any atom is -0.400 e. The third-order valence-corrected chi connectivity index (χ3v) is 4.55. The Bertz CT molecular complexity index is 539. The molecule has 0 aliphatic carbocycles. The Kier molecular flexibility index (Phi) is 5.12. The zero-order valence-corrected chi connectivity index (χ0v) is 13.9. The molecule has 0 bridgehead atoms. The monoisotopic (exact) mass is 303 g/mol. The summed E-state index contributed by atoms with van der Waals surface area (Å²) in [4.78, 5) is 0. The average molecular weight is 303 g/mol. The van der Waals surface area contributed by atoms with Gasteiger partial charge in [0, 0.05) is 0 Å². The van der Waals surface area contributed by atoms with Crippen LogP contribution in [0.4, 0.5) is 0 Å². The summed E-state index contributed by atoms with van der Waals surface area (Å²) < 4.78 is 12.0. The van der Waals surface area contributed by atoms with Crippen LogP contribution < -0.4 is 5.73 Å². The summed E-state index contributed by atoms with van der Waals surface area (Å²) in [6.07, 6.45) is 2.75. The van der Waals surface area contributed by atoms with E-state index in [2.05, 4.69) is 6.07 Å². The van der Waals surface area contributed by atoms with Gasteiger partial charge in [0.2, 0.25) is 0 Å². The highest BCUT2D eigenvalue weighted by Gasteiger charge is 2.52. The van der Waals surface area contributed by atoms with E-state index in [0.29, 0.717) is 6.54 Å². The largest absolute Gasteiger partial charge is 0.492 e. The molecule has 5 heteroatoms. The zero-order valence-electron chi connectivity index (χ0n) is 13.9. The quantitative estimate of drug-likeness (QED) is 0.819. The van der Waals surface area contributed by atoms with E-state index in [0.717, 1.165) is 23.0 Å². The van der Waals surface area contributed by atoms with Crippen molar-refractivity contribution in [3.8, 4) is 0 Å². The van der Waals surface area contributed by atoms with Gasteiger partial charge >= 0.3 is 7.12 Å². The average Bonchev–Trinajstić information content (AvgIpc) is 2.66. The summed E-state index contributed by atoms with van der Waals surface area (Å²) in [6.45, 7) is 8.51. The molecule has 120 valence electrons. The molecule has 22 heavy (non-hydrogen) atoms. The van der Waals surface area contributed by atoms with E-state index in [4.69, 9.17) is 15.0 Å². The number of nitrogens with two attached hydrogens (primary N) is 1. The maximum Gasteiger partial charge on any atom is 0.492 e. The van der Waals surface area contributed by atoms with Gasteiger partial charge < -0.3 is 20.1 Å². The molecule has 1 aromatic rings. The summed E-state index contributed by atoms with van der Waals surface area (Å²) in [5.41, 5.74) is 7.77. The predicted octanol–water partition coefficient (Wildman–Crippen LogP) is 2.19. The standard InChI is InChI=1S/C17H26BNO3/c1-16(2)17(3,4)22-18(21-16)15(12-20)11-14-8-6-5-7-13(14)9-10-19/h5-8,11,20H,9-10,12,19H2,1-4H3. The molecule has 1 fully saturated rings. The van der Waals surface area contributed by atoms with E-state index in [-0.39, 0.29) is 6.61 Å². The van der Waals surface area contributed by atoms with Crippen LogP contribution >= 0.6 is 0 Å². The fraction of sp³-hybridized carbons (Fsp3) is 0.529. The summed E-state index contributed by atoms with van der Waals surface area (Å²) >= 11 is 0. The predicted molar refractivity (Wildman–Crippen MR) is 90.3 cm³/mol. The normalized spacial score (nSPS) is 20.5. The highest BCUT2D eigenvalue weighted by atomic mass is 16.7. The lowest BCUT2D eigenvalue weighted by molar-refractivity contribution is 0.00578. The lowest BCUT2D eigenvalue weighted by Crippen LogP contribution is -2.41. The van der Waals surface area contributed by atoms with Crippen molar-refractivity contribution in [1.29, 1.82) is 0 Å². The first-order chi connectivity index (χ1) is 10.3. The molecular formula is C17H26BNO3. The van der Waals surface area contributed by atoms with Crippen molar-refractivity contribution < 1.29 is 14.4 Å². The smallest absolute Gasteiger partial charge is 0.400 e. The van der Waals surface area contributed by atoms with Crippen LogP contribution in [0.5, 0.6) is 0 Å². The lowest BCUT2D eigenvalue weighted by Gasteiger charge is -2.32. The number of hydrogen-bond acceptors (Lipinski definition) is 4. The van der Waals surface area contributed by atoms with Gasteiger partial charge in [0.25, 0.3) is 0 Å². The molecule has 0 amide bonds. The van der Waals surface area contributed by atoms with Crippen molar-refractivity contribution in [2.45, 2.75) is 45.3 Å². The molecule has 0 aromatic heterocycles. The van der Waals surface area contributed by atoms with E-state index in [1.165, 1.54) is 0 Å². The van der Waals surface area contributed by atoms with Crippen LogP contribution in [0, 0.1) is 0 Å². The molecule has 1 aromatic carbocycles. The van der Waals surface area contributed by atoms with Crippen molar-refractivity contribution in [2.75, 3.05) is 13.2 Å². The van der Waals surface area contributed by atoms with Crippen LogP contribution in [0.15, 0.2) is 29.7 Å². The first-order valence-corrected chi connectivity index (χ1v) is 7.75. The van der Waals surface area contributed by atoms with Crippen molar-refractivity contribution in [2.24, 2.45) is 5.73 Å². The summed E-state index contributed by atoms with van der Waals surface area (Å²) in [7, 11) is -0.527. The number of hydrogen-bond donors (Lipinski definition) is 2. The molecular weight excluding hydrogens is 277 g/mol. The van der Waals surface area contributed by atoms with Crippen LogP contribution in [-0.2, 0) is 15.7 Å². The molecule has 0 radical (unpaired) electrons. The summed E-state index contributed by atoms with van der Waals surface area (Å²) in [6, 6.07) is 8.05. The van der Waals surface area contributed by atoms with Crippen molar-refractivity contribution >= 4 is 13.2 Å². The fourth-order valence-electron chi connectivity index (χ4n) is 2.44. The molecule has 4 nitrogen and oxygen atoms in total. The van der Waals surface area contributed by atoms with Gasteiger partial charge in [-0.1, -0.05) is 30.3 Å². The zero-order chi connectivity index (χ0) is 16.4. The highest BCUT2D eigenvalue weighted by molar-refractivity contribution is 6.55. The lowest BCUT2D eigenvalue weighted by atomic mass is 9.77. The molecule has 1 saturated heterocycles. The highest BCUT2D eigenvalue weighted by Crippen LogP contribution is 2.38. The Labute approximate surface area is 133 Å². The van der Waals surface area contributed by atoms with Gasteiger partial charge in [0.1, 0.15) is 0 Å². The van der Waals surface area contributed by atoms with E-state index in [1.54, 1.807) is 0 Å². The second-order valence-electron chi connectivity index (χ2n) is 6.70. The molecule has 0 unspecified atom stereocenters. The van der Waals surface area contributed by atoms with Crippen LogP contribution in [0.1, 0.15) is 38.8 Å². The Morgan fingerprint density at radius 1 is 1.18 bits per heavy atom. The maximum atomic E-state index is 9.76. The fourth-order valence-corrected chi connectivity index (χ4v) is 2.44. The van der Waals surface area contributed by atoms with Gasteiger partial charge in [-0.05, 0) is 57.3 Å². The molecule has 1 heterocycles. The molecule has 0 atom stereocenters. The Morgan fingerprint density at radius 2 is 1.77 bits per heavy atom. The number of aliphatic hydroxyl groups is 1. The van der Waals surface area contributed by atoms with Gasteiger partial charge in [-0.25, -0.2) is 0 Å². The minimum absolute atomic E-state index is 0.103. The second kappa shape index (κ2) is 6.55. The molecule has 2 rings (SSSR count). The third kappa shape index (κ3) is 3.44. The van der Waals surface area contributed by atoms with Gasteiger partial charge in [-0.2, -0.15) is 0 Å². The van der Waals surface area contributed by atoms with Gasteiger partial charge in [0.15, 0.2) is 0 Å². The Morgan fingerprint density at radius 3 is 2.32 bits per heavy atom. The third-order valence-electron chi connectivity index (χ3n) is 4.55. The first kappa shape index (κ1) is 17.2. The Balaban J connectivity index is 2.30. The van der Waals surface area contributed by atoms with Crippen LogP contribution in [0.3, 0.4) is 0 Å². The SMILES string of the molecule is CC1(C)OB(C(=Cc2ccccc2CCN)CO)OC1(C)C. The van der Waals surface area contributed by atoms with E-state index >= 15 is 0 Å². The minimum atomic E-state index is -0.527. The van der Waals surface area contributed by atoms with E-state index < -0.39 is 18.3 Å². The van der Waals surface area contributed by atoms with Gasteiger partial charge in [0.05, 0.1) is 17.8 Å². The van der Waals surface area contributed by atoms with E-state index in [9.17, 15) is 5.11 Å². The van der Waals surface area contributed by atoms with Crippen LogP contribution in [0.2, 0.25) is 0 Å². The topological polar surface area (TPSA) is 64.7 Å².